The quantitative estimate of drug-likeness (QED) is 0.698. The minimum Gasteiger partial charge on any atom is -0.479 e. The molecule has 0 aliphatic rings. The molecule has 0 bridgehead atoms. The van der Waals surface area contributed by atoms with Crippen molar-refractivity contribution >= 4 is 5.97 Å². The summed E-state index contributed by atoms with van der Waals surface area (Å²) in [5, 5.41) is 18.7. The predicted octanol–water partition coefficient (Wildman–Crippen LogP) is 0.982. The molecular weight excluding hydrogens is 180 g/mol. The van der Waals surface area contributed by atoms with Crippen molar-refractivity contribution in [2.24, 2.45) is 0 Å². The summed E-state index contributed by atoms with van der Waals surface area (Å²) >= 11 is 0. The van der Waals surface area contributed by atoms with Gasteiger partial charge in [0.15, 0.2) is 5.60 Å². The average Bonchev–Trinajstić information content (AvgIpc) is 2.19. The van der Waals surface area contributed by atoms with E-state index in [0.29, 0.717) is 5.56 Å². The van der Waals surface area contributed by atoms with Gasteiger partial charge in [-0.25, -0.2) is 4.79 Å². The maximum Gasteiger partial charge on any atom is 0.341 e. The lowest BCUT2D eigenvalue weighted by Crippen LogP contribution is -2.35. The fourth-order valence-corrected chi connectivity index (χ4v) is 1.16. The second kappa shape index (κ2) is 3.95. The van der Waals surface area contributed by atoms with E-state index in [1.807, 2.05) is 0 Å². The van der Waals surface area contributed by atoms with E-state index < -0.39 is 11.6 Å². The number of terminal acetylenes is 1. The first-order valence-corrected chi connectivity index (χ1v) is 4.06. The van der Waals surface area contributed by atoms with Gasteiger partial charge in [-0.3, -0.25) is 0 Å². The average molecular weight is 190 g/mol. The third-order valence-corrected chi connectivity index (χ3v) is 1.96. The lowest BCUT2D eigenvalue weighted by atomic mass is 9.91. The van der Waals surface area contributed by atoms with Gasteiger partial charge >= 0.3 is 5.97 Å². The number of aliphatic carboxylic acids is 1. The van der Waals surface area contributed by atoms with Crippen LogP contribution < -0.4 is 0 Å². The van der Waals surface area contributed by atoms with E-state index in [4.69, 9.17) is 11.5 Å². The number of aliphatic hydroxyl groups is 1. The molecule has 1 aromatic rings. The number of carboxylic acid groups (broad SMARTS) is 1. The van der Waals surface area contributed by atoms with E-state index in [9.17, 15) is 9.90 Å². The van der Waals surface area contributed by atoms with Gasteiger partial charge in [0.2, 0.25) is 0 Å². The molecule has 0 aliphatic carbocycles. The summed E-state index contributed by atoms with van der Waals surface area (Å²) < 4.78 is 0. The largest absolute Gasteiger partial charge is 0.479 e. The van der Waals surface area contributed by atoms with Crippen LogP contribution in [-0.2, 0) is 10.4 Å². The summed E-state index contributed by atoms with van der Waals surface area (Å²) in [6, 6.07) is 8.11. The third kappa shape index (κ3) is 1.76. The summed E-state index contributed by atoms with van der Waals surface area (Å²) in [5.74, 6) is 0.825. The van der Waals surface area contributed by atoms with Crippen molar-refractivity contribution < 1.29 is 15.0 Å². The van der Waals surface area contributed by atoms with E-state index >= 15 is 0 Å². The zero-order valence-electron chi connectivity index (χ0n) is 7.47. The minimum absolute atomic E-state index is 0.244. The van der Waals surface area contributed by atoms with Gasteiger partial charge in [-0.2, -0.15) is 0 Å². The van der Waals surface area contributed by atoms with E-state index in [2.05, 4.69) is 5.92 Å². The number of benzene rings is 1. The molecule has 0 heterocycles. The van der Waals surface area contributed by atoms with Gasteiger partial charge in [0.25, 0.3) is 0 Å². The molecule has 0 aliphatic heterocycles. The van der Waals surface area contributed by atoms with Gasteiger partial charge < -0.3 is 10.2 Å². The van der Waals surface area contributed by atoms with Crippen LogP contribution in [0.3, 0.4) is 0 Å². The number of carbonyl (C=O) groups is 1. The van der Waals surface area contributed by atoms with Crippen molar-refractivity contribution in [2.45, 2.75) is 12.0 Å². The Hall–Kier alpha value is -1.79. The Balaban J connectivity index is 3.14. The highest BCUT2D eigenvalue weighted by Crippen LogP contribution is 2.24. The maximum atomic E-state index is 10.9. The molecule has 0 unspecified atom stereocenters. The SMILES string of the molecule is C#CC[C@](O)(C(=O)O)c1ccccc1. The summed E-state index contributed by atoms with van der Waals surface area (Å²) in [7, 11) is 0. The molecule has 3 nitrogen and oxygen atoms in total. The zero-order valence-corrected chi connectivity index (χ0v) is 7.47. The first kappa shape index (κ1) is 10.3. The molecule has 14 heavy (non-hydrogen) atoms. The lowest BCUT2D eigenvalue weighted by molar-refractivity contribution is -0.159. The van der Waals surface area contributed by atoms with E-state index in [1.165, 1.54) is 12.1 Å². The van der Waals surface area contributed by atoms with Crippen LogP contribution in [0.1, 0.15) is 12.0 Å². The Morgan fingerprint density at radius 1 is 1.43 bits per heavy atom. The molecular formula is C11H10O3. The van der Waals surface area contributed by atoms with Crippen molar-refractivity contribution in [3.63, 3.8) is 0 Å². The molecule has 0 saturated carbocycles. The van der Waals surface area contributed by atoms with E-state index in [1.54, 1.807) is 18.2 Å². The van der Waals surface area contributed by atoms with Crippen LogP contribution >= 0.6 is 0 Å². The summed E-state index contributed by atoms with van der Waals surface area (Å²) in [6.45, 7) is 0. The molecule has 1 aromatic carbocycles. The number of carboxylic acids is 1. The Bertz CT molecular complexity index is 364. The van der Waals surface area contributed by atoms with Gasteiger partial charge in [-0.1, -0.05) is 30.3 Å². The highest BCUT2D eigenvalue weighted by molar-refractivity contribution is 5.79. The Morgan fingerprint density at radius 3 is 2.43 bits per heavy atom. The van der Waals surface area contributed by atoms with Crippen molar-refractivity contribution in [2.75, 3.05) is 0 Å². The predicted molar refractivity (Wildman–Crippen MR) is 51.4 cm³/mol. The first-order valence-electron chi connectivity index (χ1n) is 4.06. The molecule has 0 fully saturated rings. The van der Waals surface area contributed by atoms with E-state index in [0.717, 1.165) is 0 Å². The van der Waals surface area contributed by atoms with Crippen molar-refractivity contribution in [1.29, 1.82) is 0 Å². The molecule has 72 valence electrons. The Morgan fingerprint density at radius 2 is 2.00 bits per heavy atom. The normalized spacial score (nSPS) is 14.0. The number of hydrogen-bond acceptors (Lipinski definition) is 2. The zero-order chi connectivity index (χ0) is 10.6. The Kier molecular flexibility index (Phi) is 2.90. The number of rotatable bonds is 3. The molecule has 2 N–H and O–H groups in total. The molecule has 3 heteroatoms. The second-order valence-electron chi connectivity index (χ2n) is 2.91. The summed E-state index contributed by atoms with van der Waals surface area (Å²) in [6.07, 6.45) is 4.77. The lowest BCUT2D eigenvalue weighted by Gasteiger charge is -2.21. The standard InChI is InChI=1S/C11H10O3/c1-2-8-11(14,10(12)13)9-6-4-3-5-7-9/h1,3-7,14H,8H2,(H,12,13)/t11-/m1/s1. The van der Waals surface area contributed by atoms with Crippen LogP contribution in [-0.4, -0.2) is 16.2 Å². The van der Waals surface area contributed by atoms with Crippen molar-refractivity contribution in [3.05, 3.63) is 35.9 Å². The molecule has 1 rings (SSSR count). The van der Waals surface area contributed by atoms with Crippen LogP contribution in [0, 0.1) is 12.3 Å². The minimum atomic E-state index is -1.98. The van der Waals surface area contributed by atoms with Crippen LogP contribution in [0.5, 0.6) is 0 Å². The first-order chi connectivity index (χ1) is 6.61. The van der Waals surface area contributed by atoms with Gasteiger partial charge in [0, 0.05) is 0 Å². The molecule has 0 saturated heterocycles. The topological polar surface area (TPSA) is 57.5 Å². The van der Waals surface area contributed by atoms with Gasteiger partial charge in [0.1, 0.15) is 0 Å². The molecule has 0 spiro atoms. The van der Waals surface area contributed by atoms with Crippen LogP contribution in [0.25, 0.3) is 0 Å². The fraction of sp³-hybridized carbons (Fsp3) is 0.182. The molecule has 0 radical (unpaired) electrons. The van der Waals surface area contributed by atoms with Crippen molar-refractivity contribution in [1.82, 2.24) is 0 Å². The van der Waals surface area contributed by atoms with Gasteiger partial charge in [-0.05, 0) is 5.56 Å². The Labute approximate surface area is 82.0 Å². The fourth-order valence-electron chi connectivity index (χ4n) is 1.16. The smallest absolute Gasteiger partial charge is 0.341 e. The molecule has 0 amide bonds. The summed E-state index contributed by atoms with van der Waals surface area (Å²) in [5.41, 5.74) is -1.68. The highest BCUT2D eigenvalue weighted by atomic mass is 16.4. The van der Waals surface area contributed by atoms with Crippen LogP contribution in [0.4, 0.5) is 0 Å². The van der Waals surface area contributed by atoms with E-state index in [-0.39, 0.29) is 6.42 Å². The monoisotopic (exact) mass is 190 g/mol. The van der Waals surface area contributed by atoms with Gasteiger partial charge in [0.05, 0.1) is 6.42 Å². The van der Waals surface area contributed by atoms with Crippen LogP contribution in [0.2, 0.25) is 0 Å². The number of hydrogen-bond donors (Lipinski definition) is 2. The van der Waals surface area contributed by atoms with Gasteiger partial charge in [-0.15, -0.1) is 12.3 Å². The maximum absolute atomic E-state index is 10.9. The summed E-state index contributed by atoms with van der Waals surface area (Å²) in [4.78, 5) is 10.9. The molecule has 1 atom stereocenters. The van der Waals surface area contributed by atoms with Crippen molar-refractivity contribution in [3.8, 4) is 12.3 Å². The second-order valence-corrected chi connectivity index (χ2v) is 2.91. The third-order valence-electron chi connectivity index (χ3n) is 1.96. The molecule has 0 aromatic heterocycles. The van der Waals surface area contributed by atoms with Crippen LogP contribution in [0.15, 0.2) is 30.3 Å². The highest BCUT2D eigenvalue weighted by Gasteiger charge is 2.36.